The lowest BCUT2D eigenvalue weighted by atomic mass is 9.83. The second-order valence-corrected chi connectivity index (χ2v) is 5.60. The van der Waals surface area contributed by atoms with Gasteiger partial charge in [-0.3, -0.25) is 0 Å². The maximum absolute atomic E-state index is 6.02. The van der Waals surface area contributed by atoms with Gasteiger partial charge in [-0.1, -0.05) is 19.8 Å². The Bertz CT molecular complexity index is 398. The van der Waals surface area contributed by atoms with Crippen molar-refractivity contribution in [1.82, 2.24) is 0 Å². The average molecular weight is 262 g/mol. The fourth-order valence-corrected chi connectivity index (χ4v) is 3.01. The topological polar surface area (TPSA) is 47.3 Å². The summed E-state index contributed by atoms with van der Waals surface area (Å²) in [6, 6.07) is 6.36. The summed E-state index contributed by atoms with van der Waals surface area (Å²) in [4.78, 5) is 0. The number of benzene rings is 1. The maximum atomic E-state index is 6.02. The average Bonchev–Trinajstić information content (AvgIpc) is 2.44. The summed E-state index contributed by atoms with van der Waals surface area (Å²) in [7, 11) is 1.69. The van der Waals surface area contributed by atoms with E-state index in [1.54, 1.807) is 7.11 Å². The third-order valence-corrected chi connectivity index (χ3v) is 4.16. The van der Waals surface area contributed by atoms with Gasteiger partial charge in [0.25, 0.3) is 0 Å². The Morgan fingerprint density at radius 1 is 1.26 bits per heavy atom. The van der Waals surface area contributed by atoms with E-state index in [1.165, 1.54) is 38.5 Å². The van der Waals surface area contributed by atoms with Crippen LogP contribution in [0, 0.1) is 5.92 Å². The summed E-state index contributed by atoms with van der Waals surface area (Å²) >= 11 is 0. The van der Waals surface area contributed by atoms with Crippen molar-refractivity contribution in [3.63, 3.8) is 0 Å². The second kappa shape index (κ2) is 6.69. The van der Waals surface area contributed by atoms with E-state index in [4.69, 9.17) is 10.5 Å². The van der Waals surface area contributed by atoms with E-state index in [0.717, 1.165) is 23.0 Å². The second-order valence-electron chi connectivity index (χ2n) is 5.60. The monoisotopic (exact) mass is 262 g/mol. The standard InChI is InChI=1S/C16H26N2O/c1-3-4-12-5-7-13(8-6-12)18-16-11-14(19-2)9-10-15(16)17/h9-13,18H,3-8,17H2,1-2H3. The molecule has 1 aliphatic carbocycles. The van der Waals surface area contributed by atoms with Crippen LogP contribution in [0.1, 0.15) is 45.4 Å². The van der Waals surface area contributed by atoms with Crippen LogP contribution in [0.2, 0.25) is 0 Å². The van der Waals surface area contributed by atoms with Crippen molar-refractivity contribution in [3.8, 4) is 5.75 Å². The molecule has 1 saturated carbocycles. The first-order valence-corrected chi connectivity index (χ1v) is 7.43. The molecule has 3 N–H and O–H groups in total. The predicted molar refractivity (Wildman–Crippen MR) is 81.7 cm³/mol. The number of rotatable bonds is 5. The number of hydrogen-bond acceptors (Lipinski definition) is 3. The van der Waals surface area contributed by atoms with Gasteiger partial charge in [-0.25, -0.2) is 0 Å². The van der Waals surface area contributed by atoms with Crippen LogP contribution < -0.4 is 15.8 Å². The van der Waals surface area contributed by atoms with Gasteiger partial charge in [-0.05, 0) is 43.7 Å². The quantitative estimate of drug-likeness (QED) is 0.787. The Morgan fingerprint density at radius 3 is 2.63 bits per heavy atom. The molecule has 0 radical (unpaired) electrons. The molecular formula is C16H26N2O. The van der Waals surface area contributed by atoms with Crippen LogP contribution in [0.5, 0.6) is 5.75 Å². The Kier molecular flexibility index (Phi) is 4.94. The first kappa shape index (κ1) is 14.0. The zero-order chi connectivity index (χ0) is 13.7. The zero-order valence-corrected chi connectivity index (χ0v) is 12.1. The number of hydrogen-bond donors (Lipinski definition) is 2. The molecular weight excluding hydrogens is 236 g/mol. The van der Waals surface area contributed by atoms with E-state index < -0.39 is 0 Å². The van der Waals surface area contributed by atoms with Crippen LogP contribution >= 0.6 is 0 Å². The summed E-state index contributed by atoms with van der Waals surface area (Å²) in [5.41, 5.74) is 7.83. The van der Waals surface area contributed by atoms with Gasteiger partial charge < -0.3 is 15.8 Å². The van der Waals surface area contributed by atoms with Crippen molar-refractivity contribution >= 4 is 11.4 Å². The minimum atomic E-state index is 0.558. The summed E-state index contributed by atoms with van der Waals surface area (Å²) in [6.45, 7) is 2.28. The Morgan fingerprint density at radius 2 is 2.00 bits per heavy atom. The van der Waals surface area contributed by atoms with E-state index in [2.05, 4.69) is 12.2 Å². The van der Waals surface area contributed by atoms with E-state index in [0.29, 0.717) is 6.04 Å². The third kappa shape index (κ3) is 3.79. The van der Waals surface area contributed by atoms with Crippen LogP contribution in [0.3, 0.4) is 0 Å². The van der Waals surface area contributed by atoms with Crippen LogP contribution in [-0.2, 0) is 0 Å². The van der Waals surface area contributed by atoms with Crippen molar-refractivity contribution < 1.29 is 4.74 Å². The molecule has 1 aliphatic rings. The van der Waals surface area contributed by atoms with Gasteiger partial charge in [0.1, 0.15) is 5.75 Å². The van der Waals surface area contributed by atoms with Gasteiger partial charge in [-0.2, -0.15) is 0 Å². The molecule has 0 bridgehead atoms. The Labute approximate surface area is 116 Å². The zero-order valence-electron chi connectivity index (χ0n) is 12.1. The minimum absolute atomic E-state index is 0.558. The molecule has 0 aromatic heterocycles. The molecule has 0 heterocycles. The van der Waals surface area contributed by atoms with E-state index in [9.17, 15) is 0 Å². The van der Waals surface area contributed by atoms with Crippen LogP contribution in [0.15, 0.2) is 18.2 Å². The summed E-state index contributed by atoms with van der Waals surface area (Å²) < 4.78 is 5.25. The normalized spacial score (nSPS) is 23.1. The maximum Gasteiger partial charge on any atom is 0.121 e. The number of anilines is 2. The molecule has 1 aromatic rings. The molecule has 0 unspecified atom stereocenters. The largest absolute Gasteiger partial charge is 0.497 e. The molecule has 0 aliphatic heterocycles. The van der Waals surface area contributed by atoms with E-state index >= 15 is 0 Å². The highest BCUT2D eigenvalue weighted by atomic mass is 16.5. The fourth-order valence-electron chi connectivity index (χ4n) is 3.01. The van der Waals surface area contributed by atoms with Crippen molar-refractivity contribution in [3.05, 3.63) is 18.2 Å². The van der Waals surface area contributed by atoms with Gasteiger partial charge in [0, 0.05) is 12.1 Å². The molecule has 1 aromatic carbocycles. The number of methoxy groups -OCH3 is 1. The molecule has 106 valence electrons. The first-order valence-electron chi connectivity index (χ1n) is 7.43. The molecule has 3 nitrogen and oxygen atoms in total. The molecule has 0 atom stereocenters. The van der Waals surface area contributed by atoms with Gasteiger partial charge >= 0.3 is 0 Å². The van der Waals surface area contributed by atoms with Crippen molar-refractivity contribution in [2.24, 2.45) is 5.92 Å². The van der Waals surface area contributed by atoms with Gasteiger partial charge in [0.15, 0.2) is 0 Å². The fraction of sp³-hybridized carbons (Fsp3) is 0.625. The number of nitrogens with one attached hydrogen (secondary N) is 1. The van der Waals surface area contributed by atoms with Gasteiger partial charge in [-0.15, -0.1) is 0 Å². The third-order valence-electron chi connectivity index (χ3n) is 4.16. The molecule has 1 fully saturated rings. The lowest BCUT2D eigenvalue weighted by Gasteiger charge is -2.30. The number of nitrogens with two attached hydrogens (primary N) is 1. The van der Waals surface area contributed by atoms with E-state index in [1.807, 2.05) is 18.2 Å². The molecule has 3 heteroatoms. The SMILES string of the molecule is CCCC1CCC(Nc2cc(OC)ccc2N)CC1. The molecule has 0 spiro atoms. The highest BCUT2D eigenvalue weighted by Gasteiger charge is 2.20. The minimum Gasteiger partial charge on any atom is -0.497 e. The molecule has 19 heavy (non-hydrogen) atoms. The number of nitrogen functional groups attached to an aromatic ring is 1. The van der Waals surface area contributed by atoms with Crippen molar-refractivity contribution in [2.45, 2.75) is 51.5 Å². The van der Waals surface area contributed by atoms with Gasteiger partial charge in [0.2, 0.25) is 0 Å². The number of ether oxygens (including phenoxy) is 1. The first-order chi connectivity index (χ1) is 9.22. The van der Waals surface area contributed by atoms with Gasteiger partial charge in [0.05, 0.1) is 18.5 Å². The Balaban J connectivity index is 1.91. The molecule has 0 saturated heterocycles. The summed E-state index contributed by atoms with van der Waals surface area (Å²) in [6.07, 6.45) is 7.88. The lowest BCUT2D eigenvalue weighted by Crippen LogP contribution is -2.26. The van der Waals surface area contributed by atoms with Crippen LogP contribution in [0.4, 0.5) is 11.4 Å². The highest BCUT2D eigenvalue weighted by molar-refractivity contribution is 5.68. The summed E-state index contributed by atoms with van der Waals surface area (Å²) in [5.74, 6) is 1.79. The molecule has 2 rings (SSSR count). The Hall–Kier alpha value is -1.38. The summed E-state index contributed by atoms with van der Waals surface area (Å²) in [5, 5.41) is 3.58. The van der Waals surface area contributed by atoms with Crippen LogP contribution in [0.25, 0.3) is 0 Å². The lowest BCUT2D eigenvalue weighted by molar-refractivity contribution is 0.319. The van der Waals surface area contributed by atoms with Crippen molar-refractivity contribution in [2.75, 3.05) is 18.2 Å². The smallest absolute Gasteiger partial charge is 0.121 e. The van der Waals surface area contributed by atoms with E-state index in [-0.39, 0.29) is 0 Å². The molecule has 0 amide bonds. The van der Waals surface area contributed by atoms with Crippen molar-refractivity contribution in [1.29, 1.82) is 0 Å². The highest BCUT2D eigenvalue weighted by Crippen LogP contribution is 2.32. The van der Waals surface area contributed by atoms with Crippen LogP contribution in [-0.4, -0.2) is 13.2 Å². The predicted octanol–water partition coefficient (Wildman–Crippen LogP) is 4.05.